The summed E-state index contributed by atoms with van der Waals surface area (Å²) in [7, 11) is 0. The lowest BCUT2D eigenvalue weighted by Gasteiger charge is -2.20. The van der Waals surface area contributed by atoms with Gasteiger partial charge in [-0.25, -0.2) is 14.5 Å². The van der Waals surface area contributed by atoms with Crippen LogP contribution in [0, 0.1) is 11.8 Å². The Labute approximate surface area is 233 Å². The Hall–Kier alpha value is -5.82. The first kappa shape index (κ1) is 25.5. The van der Waals surface area contributed by atoms with Crippen LogP contribution in [-0.4, -0.2) is 35.8 Å². The molecule has 10 heteroatoms. The van der Waals surface area contributed by atoms with Crippen molar-refractivity contribution in [2.75, 3.05) is 5.73 Å². The van der Waals surface area contributed by atoms with Crippen LogP contribution in [0.15, 0.2) is 95.6 Å². The molecule has 0 fully saturated rings. The third-order valence-electron chi connectivity index (χ3n) is 6.60. The van der Waals surface area contributed by atoms with Gasteiger partial charge >= 0.3 is 0 Å². The van der Waals surface area contributed by atoms with E-state index in [0.29, 0.717) is 45.6 Å². The van der Waals surface area contributed by atoms with E-state index in [9.17, 15) is 14.4 Å². The Kier molecular flexibility index (Phi) is 6.45. The normalized spacial score (nSPS) is 13.5. The number of ketones is 1. The van der Waals surface area contributed by atoms with Gasteiger partial charge in [0.05, 0.1) is 22.6 Å². The summed E-state index contributed by atoms with van der Waals surface area (Å²) in [5.74, 6) is 5.87. The topological polar surface area (TPSA) is 137 Å². The van der Waals surface area contributed by atoms with E-state index in [2.05, 4.69) is 27.2 Å². The zero-order chi connectivity index (χ0) is 28.5. The van der Waals surface area contributed by atoms with Crippen LogP contribution in [0.3, 0.4) is 0 Å². The van der Waals surface area contributed by atoms with Crippen LogP contribution in [0.5, 0.6) is 0 Å². The number of nitrogens with zero attached hydrogens (tertiary/aromatic N) is 5. The molecule has 41 heavy (non-hydrogen) atoms. The van der Waals surface area contributed by atoms with Crippen LogP contribution in [-0.2, 0) is 4.79 Å². The Morgan fingerprint density at radius 2 is 1.90 bits per heavy atom. The maximum atomic E-state index is 14.1. The predicted molar refractivity (Wildman–Crippen MR) is 154 cm³/mol. The first-order chi connectivity index (χ1) is 19.9. The quantitative estimate of drug-likeness (QED) is 0.333. The zero-order valence-electron chi connectivity index (χ0n) is 21.9. The number of carbonyl (C=O) groups is 2. The van der Waals surface area contributed by atoms with E-state index in [0.717, 1.165) is 0 Å². The van der Waals surface area contributed by atoms with Crippen LogP contribution >= 0.6 is 0 Å². The van der Waals surface area contributed by atoms with Crippen LogP contribution in [0.2, 0.25) is 0 Å². The molecule has 2 aromatic carbocycles. The summed E-state index contributed by atoms with van der Waals surface area (Å²) < 4.78 is 2.90. The molecule has 1 aliphatic carbocycles. The number of nitrogens with two attached hydrogens (primary N) is 1. The number of aromatic nitrogens is 5. The summed E-state index contributed by atoms with van der Waals surface area (Å²) in [5.41, 5.74) is 8.20. The van der Waals surface area contributed by atoms with Gasteiger partial charge in [0.15, 0.2) is 17.2 Å². The zero-order valence-corrected chi connectivity index (χ0v) is 21.9. The number of para-hydroxylation sites is 1. The fourth-order valence-electron chi connectivity index (χ4n) is 4.72. The number of fused-ring (bicyclic) bond motifs is 2. The molecule has 200 valence electrons. The van der Waals surface area contributed by atoms with Crippen molar-refractivity contribution in [3.8, 4) is 17.5 Å². The summed E-state index contributed by atoms with van der Waals surface area (Å²) in [5, 5.41) is 7.40. The molecule has 0 radical (unpaired) electrons. The standard InChI is InChI=1S/C31H23N7O3/c1-19(34-30(40)26-27(32)36-37-17-7-16-33-29(26)37)28-35-24-13-6-9-21(15-14-20-8-5-12-23(39)18-20)25(24)31(41)38(28)22-10-3-2-4-11-22/h2-11,13,16-19H,12H2,1H3,(H2,32,36)(H,34,40)/t19-/m0/s1. The molecule has 3 N–H and O–H groups in total. The summed E-state index contributed by atoms with van der Waals surface area (Å²) in [6.07, 6.45) is 8.59. The minimum atomic E-state index is -0.712. The number of hydrogen-bond donors (Lipinski definition) is 2. The van der Waals surface area contributed by atoms with Crippen molar-refractivity contribution in [2.45, 2.75) is 19.4 Å². The third-order valence-corrected chi connectivity index (χ3v) is 6.60. The number of rotatable bonds is 4. The molecular weight excluding hydrogens is 518 g/mol. The lowest BCUT2D eigenvalue weighted by atomic mass is 10.0. The molecule has 1 amide bonds. The number of benzene rings is 2. The van der Waals surface area contributed by atoms with Crippen LogP contribution in [0.1, 0.15) is 41.1 Å². The average Bonchev–Trinajstić information content (AvgIpc) is 3.32. The van der Waals surface area contributed by atoms with Crippen molar-refractivity contribution in [1.29, 1.82) is 0 Å². The molecule has 3 aromatic heterocycles. The SMILES string of the molecule is C[C@H](NC(=O)c1c(N)nn2cccnc12)c1nc2cccc(C#CC3=CC(=O)CC=C3)c2c(=O)n1-c1ccccc1. The highest BCUT2D eigenvalue weighted by Gasteiger charge is 2.24. The van der Waals surface area contributed by atoms with Crippen LogP contribution in [0.4, 0.5) is 5.82 Å². The van der Waals surface area contributed by atoms with Gasteiger partial charge in [-0.15, -0.1) is 5.10 Å². The van der Waals surface area contributed by atoms with Crippen molar-refractivity contribution < 1.29 is 9.59 Å². The van der Waals surface area contributed by atoms with Crippen LogP contribution < -0.4 is 16.6 Å². The number of hydrogen-bond acceptors (Lipinski definition) is 7. The molecule has 0 saturated carbocycles. The van der Waals surface area contributed by atoms with Crippen molar-refractivity contribution >= 4 is 34.1 Å². The van der Waals surface area contributed by atoms with Gasteiger partial charge < -0.3 is 11.1 Å². The van der Waals surface area contributed by atoms with Crippen molar-refractivity contribution in [3.63, 3.8) is 0 Å². The van der Waals surface area contributed by atoms with Crippen molar-refractivity contribution in [1.82, 2.24) is 29.5 Å². The summed E-state index contributed by atoms with van der Waals surface area (Å²) in [6.45, 7) is 1.74. The number of allylic oxidation sites excluding steroid dienone is 4. The maximum absolute atomic E-state index is 14.1. The smallest absolute Gasteiger partial charge is 0.267 e. The molecule has 0 bridgehead atoms. The van der Waals surface area contributed by atoms with Gasteiger partial charge in [-0.2, -0.15) is 0 Å². The highest BCUT2D eigenvalue weighted by molar-refractivity contribution is 6.04. The molecule has 5 aromatic rings. The lowest BCUT2D eigenvalue weighted by molar-refractivity contribution is -0.113. The second kappa shape index (κ2) is 10.4. The van der Waals surface area contributed by atoms with E-state index in [-0.39, 0.29) is 22.7 Å². The Morgan fingerprint density at radius 1 is 1.07 bits per heavy atom. The van der Waals surface area contributed by atoms with Gasteiger partial charge in [0.25, 0.3) is 11.5 Å². The number of carbonyl (C=O) groups excluding carboxylic acids is 2. The number of nitrogen functional groups attached to an aromatic ring is 1. The second-order valence-electron chi connectivity index (χ2n) is 9.41. The van der Waals surface area contributed by atoms with Gasteiger partial charge in [-0.05, 0) is 49.4 Å². The fraction of sp³-hybridized carbons (Fsp3) is 0.0968. The molecule has 0 unspecified atom stereocenters. The van der Waals surface area contributed by atoms with Gasteiger partial charge in [-0.1, -0.05) is 42.2 Å². The second-order valence-corrected chi connectivity index (χ2v) is 9.41. The Morgan fingerprint density at radius 3 is 2.71 bits per heavy atom. The molecule has 0 saturated heterocycles. The van der Waals surface area contributed by atoms with Crippen molar-refractivity contribution in [3.05, 3.63) is 118 Å². The molecule has 1 atom stereocenters. The van der Waals surface area contributed by atoms with Crippen molar-refractivity contribution in [2.24, 2.45) is 0 Å². The monoisotopic (exact) mass is 541 g/mol. The van der Waals surface area contributed by atoms with E-state index in [1.807, 2.05) is 18.2 Å². The predicted octanol–water partition coefficient (Wildman–Crippen LogP) is 3.31. The maximum Gasteiger partial charge on any atom is 0.267 e. The summed E-state index contributed by atoms with van der Waals surface area (Å²) in [6, 6.07) is 15.3. The lowest BCUT2D eigenvalue weighted by Crippen LogP contribution is -2.33. The van der Waals surface area contributed by atoms with E-state index < -0.39 is 11.9 Å². The number of anilines is 1. The molecule has 0 spiro atoms. The highest BCUT2D eigenvalue weighted by atomic mass is 16.2. The molecule has 10 nitrogen and oxygen atoms in total. The molecular formula is C31H23N7O3. The van der Waals surface area contributed by atoms with Crippen LogP contribution in [0.25, 0.3) is 22.2 Å². The minimum Gasteiger partial charge on any atom is -0.381 e. The van der Waals surface area contributed by atoms with Gasteiger partial charge in [0.1, 0.15) is 11.4 Å². The third kappa shape index (κ3) is 4.77. The molecule has 1 aliphatic rings. The van der Waals surface area contributed by atoms with E-state index in [4.69, 9.17) is 10.7 Å². The minimum absolute atomic E-state index is 0.0230. The first-order valence-corrected chi connectivity index (χ1v) is 12.8. The largest absolute Gasteiger partial charge is 0.381 e. The van der Waals surface area contributed by atoms with Gasteiger partial charge in [0, 0.05) is 30.0 Å². The van der Waals surface area contributed by atoms with Gasteiger partial charge in [0.2, 0.25) is 0 Å². The number of nitrogens with one attached hydrogen (secondary N) is 1. The molecule has 6 rings (SSSR count). The summed E-state index contributed by atoms with van der Waals surface area (Å²) >= 11 is 0. The van der Waals surface area contributed by atoms with Gasteiger partial charge in [-0.3, -0.25) is 19.0 Å². The van der Waals surface area contributed by atoms with E-state index >= 15 is 0 Å². The average molecular weight is 542 g/mol. The number of amides is 1. The Balaban J connectivity index is 1.47. The fourth-order valence-corrected chi connectivity index (χ4v) is 4.72. The summed E-state index contributed by atoms with van der Waals surface area (Å²) in [4.78, 5) is 48.4. The Bertz CT molecular complexity index is 2040. The van der Waals surface area contributed by atoms with E-state index in [1.165, 1.54) is 15.2 Å². The van der Waals surface area contributed by atoms with E-state index in [1.54, 1.807) is 67.9 Å². The highest BCUT2D eigenvalue weighted by Crippen LogP contribution is 2.22. The molecule has 0 aliphatic heterocycles. The molecule has 3 heterocycles. The first-order valence-electron chi connectivity index (χ1n) is 12.8.